The van der Waals surface area contributed by atoms with Crippen LogP contribution in [0.25, 0.3) is 0 Å². The van der Waals surface area contributed by atoms with Crippen molar-refractivity contribution in [1.82, 2.24) is 5.32 Å². The molecule has 0 rings (SSSR count). The Morgan fingerprint density at radius 3 is 1.37 bits per heavy atom. The highest BCUT2D eigenvalue weighted by Crippen LogP contribution is 2.43. The van der Waals surface area contributed by atoms with Gasteiger partial charge in [0.15, 0.2) is 6.10 Å². The maximum absolute atomic E-state index is 12.6. The lowest BCUT2D eigenvalue weighted by molar-refractivity contribution is -0.161. The molecule has 0 aliphatic rings. The van der Waals surface area contributed by atoms with E-state index < -0.39 is 26.5 Å². The number of nitrogens with one attached hydrogen (secondary N) is 1. The Morgan fingerprint density at radius 2 is 0.944 bits per heavy atom. The lowest BCUT2D eigenvalue weighted by Gasteiger charge is -2.20. The zero-order chi connectivity index (χ0) is 39.6. The molecule has 320 valence electrons. The molecule has 2 N–H and O–H groups in total. The first-order valence-electron chi connectivity index (χ1n) is 22.6. The van der Waals surface area contributed by atoms with Crippen LogP contribution in [0.15, 0.2) is 12.2 Å². The molecule has 0 aliphatic heterocycles. The number of phosphoric ester groups is 1. The predicted molar refractivity (Wildman–Crippen MR) is 225 cm³/mol. The monoisotopic (exact) mass is 788 g/mol. The molecule has 0 amide bonds. The van der Waals surface area contributed by atoms with E-state index in [1.807, 2.05) is 0 Å². The minimum Gasteiger partial charge on any atom is -0.462 e. The first-order chi connectivity index (χ1) is 26.3. The molecule has 0 saturated carbocycles. The van der Waals surface area contributed by atoms with Crippen LogP contribution >= 0.6 is 7.82 Å². The van der Waals surface area contributed by atoms with E-state index in [9.17, 15) is 19.0 Å². The van der Waals surface area contributed by atoms with Gasteiger partial charge in [0.05, 0.1) is 13.2 Å². The van der Waals surface area contributed by atoms with Crippen LogP contribution in [0.5, 0.6) is 0 Å². The minimum atomic E-state index is -4.34. The van der Waals surface area contributed by atoms with Gasteiger partial charge in [0, 0.05) is 19.4 Å². The van der Waals surface area contributed by atoms with Gasteiger partial charge in [0.25, 0.3) is 0 Å². The fourth-order valence-electron chi connectivity index (χ4n) is 6.43. The van der Waals surface area contributed by atoms with Crippen molar-refractivity contribution in [3.8, 4) is 0 Å². The minimum absolute atomic E-state index is 0.0146. The van der Waals surface area contributed by atoms with Crippen LogP contribution < -0.4 is 5.32 Å². The molecule has 10 heteroatoms. The third kappa shape index (κ3) is 40.4. The molecule has 0 heterocycles. The number of hydrogen-bond donors (Lipinski definition) is 2. The number of unbranched alkanes of at least 4 members (excludes halogenated alkanes) is 27. The maximum Gasteiger partial charge on any atom is 0.472 e. The summed E-state index contributed by atoms with van der Waals surface area (Å²) in [6.45, 7) is 4.25. The molecule has 0 saturated heterocycles. The SMILES string of the molecule is CCCCCCCC/C=C\CCCCCCCCCC(=O)OC(COC(=O)CCCCCCCCCCCCCCCCC)COP(=O)(O)OCCNC. The summed E-state index contributed by atoms with van der Waals surface area (Å²) in [7, 11) is -2.64. The number of likely N-dealkylation sites (N-methyl/N-ethyl adjacent to an activating group) is 1. The van der Waals surface area contributed by atoms with E-state index in [4.69, 9.17) is 18.5 Å². The van der Waals surface area contributed by atoms with E-state index in [1.54, 1.807) is 7.05 Å². The Morgan fingerprint density at radius 1 is 0.556 bits per heavy atom. The van der Waals surface area contributed by atoms with Crippen molar-refractivity contribution in [3.63, 3.8) is 0 Å². The molecule has 0 bridgehead atoms. The van der Waals surface area contributed by atoms with E-state index in [1.165, 1.54) is 141 Å². The van der Waals surface area contributed by atoms with Crippen LogP contribution in [-0.2, 0) is 32.7 Å². The lowest BCUT2D eigenvalue weighted by Crippen LogP contribution is -2.29. The summed E-state index contributed by atoms with van der Waals surface area (Å²) < 4.78 is 33.2. The number of ether oxygens (including phenoxy) is 2. The van der Waals surface area contributed by atoms with Crippen molar-refractivity contribution < 1.29 is 37.6 Å². The Labute approximate surface area is 332 Å². The molecule has 2 atom stereocenters. The summed E-state index contributed by atoms with van der Waals surface area (Å²) in [4.78, 5) is 35.1. The number of carbonyl (C=O) groups is 2. The van der Waals surface area contributed by atoms with Crippen LogP contribution in [0.3, 0.4) is 0 Å². The summed E-state index contributed by atoms with van der Waals surface area (Å²) in [5, 5.41) is 2.83. The number of esters is 2. The first-order valence-corrected chi connectivity index (χ1v) is 24.1. The average molecular weight is 788 g/mol. The summed E-state index contributed by atoms with van der Waals surface area (Å²) in [6.07, 6.45) is 41.0. The van der Waals surface area contributed by atoms with E-state index >= 15 is 0 Å². The van der Waals surface area contributed by atoms with Gasteiger partial charge >= 0.3 is 19.8 Å². The summed E-state index contributed by atoms with van der Waals surface area (Å²) in [5.74, 6) is -0.800. The second-order valence-electron chi connectivity index (χ2n) is 15.2. The lowest BCUT2D eigenvalue weighted by atomic mass is 10.0. The highest BCUT2D eigenvalue weighted by atomic mass is 31.2. The molecule has 0 fully saturated rings. The largest absolute Gasteiger partial charge is 0.472 e. The molecule has 0 aromatic rings. The smallest absolute Gasteiger partial charge is 0.462 e. The van der Waals surface area contributed by atoms with Gasteiger partial charge in [-0.15, -0.1) is 0 Å². The number of carbonyl (C=O) groups excluding carboxylic acids is 2. The molecule has 0 spiro atoms. The summed E-state index contributed by atoms with van der Waals surface area (Å²) >= 11 is 0. The Hall–Kier alpha value is -1.25. The van der Waals surface area contributed by atoms with Gasteiger partial charge in [0.1, 0.15) is 6.61 Å². The molecular weight excluding hydrogens is 701 g/mol. The van der Waals surface area contributed by atoms with Crippen molar-refractivity contribution in [2.24, 2.45) is 0 Å². The predicted octanol–water partition coefficient (Wildman–Crippen LogP) is 12.9. The van der Waals surface area contributed by atoms with E-state index in [0.717, 1.165) is 44.9 Å². The Balaban J connectivity index is 4.17. The number of allylic oxidation sites excluding steroid dienone is 2. The van der Waals surface area contributed by atoms with Crippen molar-refractivity contribution in [2.45, 2.75) is 225 Å². The molecule has 0 aromatic heterocycles. The standard InChI is InChI=1S/C44H86NO8P/c1-4-6-8-10-12-14-16-18-20-21-23-25-27-29-31-33-35-37-44(47)53-42(41-52-54(48,49)51-39-38-45-3)40-50-43(46)36-34-32-30-28-26-24-22-19-17-15-13-11-9-7-5-2/h18,20,42,45H,4-17,19,21-41H2,1-3H3,(H,48,49)/b20-18-. The summed E-state index contributed by atoms with van der Waals surface area (Å²) in [5.41, 5.74) is 0. The third-order valence-corrected chi connectivity index (χ3v) is 10.9. The maximum atomic E-state index is 12.6. The Kier molecular flexibility index (Phi) is 40.4. The first kappa shape index (κ1) is 52.8. The number of rotatable bonds is 43. The molecular formula is C44H86NO8P. The molecule has 0 radical (unpaired) electrons. The van der Waals surface area contributed by atoms with Gasteiger partial charge in [-0.1, -0.05) is 180 Å². The second-order valence-corrected chi connectivity index (χ2v) is 16.7. The number of hydrogen-bond acceptors (Lipinski definition) is 8. The van der Waals surface area contributed by atoms with E-state index in [2.05, 4.69) is 31.3 Å². The van der Waals surface area contributed by atoms with Gasteiger partial charge < -0.3 is 19.7 Å². The van der Waals surface area contributed by atoms with Crippen LogP contribution in [0.2, 0.25) is 0 Å². The topological polar surface area (TPSA) is 120 Å². The molecule has 9 nitrogen and oxygen atoms in total. The van der Waals surface area contributed by atoms with Crippen molar-refractivity contribution >= 4 is 19.8 Å². The summed E-state index contributed by atoms with van der Waals surface area (Å²) in [6, 6.07) is 0. The fraction of sp³-hybridized carbons (Fsp3) is 0.909. The van der Waals surface area contributed by atoms with E-state index in [0.29, 0.717) is 19.4 Å². The van der Waals surface area contributed by atoms with Gasteiger partial charge in [-0.2, -0.15) is 0 Å². The van der Waals surface area contributed by atoms with E-state index in [-0.39, 0.29) is 25.6 Å². The van der Waals surface area contributed by atoms with Crippen LogP contribution in [0.1, 0.15) is 219 Å². The van der Waals surface area contributed by atoms with Gasteiger partial charge in [0.2, 0.25) is 0 Å². The van der Waals surface area contributed by atoms with Gasteiger partial charge in [-0.3, -0.25) is 18.6 Å². The Bertz CT molecular complexity index is 902. The highest BCUT2D eigenvalue weighted by Gasteiger charge is 2.26. The zero-order valence-corrected chi connectivity index (χ0v) is 36.3. The quantitative estimate of drug-likeness (QED) is 0.0269. The van der Waals surface area contributed by atoms with Crippen LogP contribution in [0.4, 0.5) is 0 Å². The molecule has 0 aliphatic carbocycles. The molecule has 2 unspecified atom stereocenters. The second kappa shape index (κ2) is 41.4. The van der Waals surface area contributed by atoms with Crippen LogP contribution in [-0.4, -0.2) is 56.3 Å². The number of phosphoric acid groups is 1. The third-order valence-electron chi connectivity index (χ3n) is 9.89. The highest BCUT2D eigenvalue weighted by molar-refractivity contribution is 7.47. The van der Waals surface area contributed by atoms with Crippen molar-refractivity contribution in [2.75, 3.05) is 33.4 Å². The zero-order valence-electron chi connectivity index (χ0n) is 35.4. The fourth-order valence-corrected chi connectivity index (χ4v) is 7.18. The average Bonchev–Trinajstić information content (AvgIpc) is 3.15. The molecule has 0 aromatic carbocycles. The normalized spacial score (nSPS) is 13.3. The van der Waals surface area contributed by atoms with Crippen molar-refractivity contribution in [1.29, 1.82) is 0 Å². The van der Waals surface area contributed by atoms with Crippen LogP contribution in [0, 0.1) is 0 Å². The van der Waals surface area contributed by atoms with Gasteiger partial charge in [-0.05, 0) is 45.6 Å². The van der Waals surface area contributed by atoms with Gasteiger partial charge in [-0.25, -0.2) is 4.57 Å². The van der Waals surface area contributed by atoms with Crippen molar-refractivity contribution in [3.05, 3.63) is 12.2 Å². The molecule has 54 heavy (non-hydrogen) atoms.